The van der Waals surface area contributed by atoms with E-state index < -0.39 is 22.7 Å². The van der Waals surface area contributed by atoms with Crippen molar-refractivity contribution in [2.24, 2.45) is 5.41 Å². The highest BCUT2D eigenvalue weighted by Crippen LogP contribution is 2.31. The monoisotopic (exact) mass is 278 g/mol. The highest BCUT2D eigenvalue weighted by Gasteiger charge is 2.43. The second kappa shape index (κ2) is 5.59. The van der Waals surface area contributed by atoms with E-state index in [0.717, 1.165) is 0 Å². The molecule has 0 aliphatic heterocycles. The summed E-state index contributed by atoms with van der Waals surface area (Å²) in [7, 11) is 0. The maximum Gasteiger partial charge on any atom is 0.310 e. The number of carboxylic acid groups (broad SMARTS) is 1. The molecule has 0 saturated carbocycles. The lowest BCUT2D eigenvalue weighted by atomic mass is 9.74. The zero-order valence-corrected chi connectivity index (χ0v) is 12.1. The first-order valence-electron chi connectivity index (χ1n) is 6.29. The van der Waals surface area contributed by atoms with E-state index in [1.165, 1.54) is 18.2 Å². The quantitative estimate of drug-likeness (QED) is 0.868. The molecule has 0 radical (unpaired) electrons. The number of nitriles is 1. The van der Waals surface area contributed by atoms with Crippen LogP contribution in [0.1, 0.15) is 38.8 Å². The average molecular weight is 278 g/mol. The van der Waals surface area contributed by atoms with Crippen LogP contribution in [0.15, 0.2) is 18.2 Å². The fourth-order valence-corrected chi connectivity index (χ4v) is 1.62. The first-order valence-corrected chi connectivity index (χ1v) is 6.29. The summed E-state index contributed by atoms with van der Waals surface area (Å²) in [5.74, 6) is -1.34. The number of aliphatic carboxylic acids is 1. The lowest BCUT2D eigenvalue weighted by molar-refractivity contribution is -0.151. The SMILES string of the molecule is CC(C)(NCc1cc(F)ccc1C#N)C(C)(C)C(=O)O. The Hall–Kier alpha value is -1.93. The first-order chi connectivity index (χ1) is 9.11. The molecule has 0 aliphatic rings. The summed E-state index contributed by atoms with van der Waals surface area (Å²) in [6.07, 6.45) is 0. The van der Waals surface area contributed by atoms with Gasteiger partial charge in [0.15, 0.2) is 0 Å². The van der Waals surface area contributed by atoms with Crippen LogP contribution in [-0.2, 0) is 11.3 Å². The summed E-state index contributed by atoms with van der Waals surface area (Å²) < 4.78 is 13.2. The van der Waals surface area contributed by atoms with Gasteiger partial charge in [-0.3, -0.25) is 4.79 Å². The zero-order valence-electron chi connectivity index (χ0n) is 12.1. The van der Waals surface area contributed by atoms with Crippen LogP contribution in [0.25, 0.3) is 0 Å². The minimum absolute atomic E-state index is 0.227. The number of carboxylic acids is 1. The Morgan fingerprint density at radius 3 is 2.50 bits per heavy atom. The highest BCUT2D eigenvalue weighted by atomic mass is 19.1. The van der Waals surface area contributed by atoms with E-state index in [4.69, 9.17) is 5.26 Å². The molecule has 0 aliphatic carbocycles. The van der Waals surface area contributed by atoms with Crippen molar-refractivity contribution in [3.8, 4) is 6.07 Å². The number of hydrogen-bond donors (Lipinski definition) is 2. The van der Waals surface area contributed by atoms with Gasteiger partial charge in [0.2, 0.25) is 0 Å². The number of rotatable bonds is 5. The van der Waals surface area contributed by atoms with Crippen molar-refractivity contribution < 1.29 is 14.3 Å². The Kier molecular flexibility index (Phi) is 4.51. The molecular formula is C15H19FN2O2. The van der Waals surface area contributed by atoms with Crippen LogP contribution < -0.4 is 5.32 Å². The molecule has 1 rings (SSSR count). The molecule has 1 aromatic rings. The minimum Gasteiger partial charge on any atom is -0.481 e. The fourth-order valence-electron chi connectivity index (χ4n) is 1.62. The topological polar surface area (TPSA) is 73.1 Å². The number of halogens is 1. The van der Waals surface area contributed by atoms with Crippen molar-refractivity contribution in [3.05, 3.63) is 35.1 Å². The van der Waals surface area contributed by atoms with E-state index in [0.29, 0.717) is 11.1 Å². The van der Waals surface area contributed by atoms with Gasteiger partial charge in [0.05, 0.1) is 17.0 Å². The van der Waals surface area contributed by atoms with Crippen molar-refractivity contribution in [1.82, 2.24) is 5.32 Å². The molecule has 0 saturated heterocycles. The predicted octanol–water partition coefficient (Wildman–Crippen LogP) is 2.68. The maximum absolute atomic E-state index is 13.2. The van der Waals surface area contributed by atoms with Gasteiger partial charge in [-0.2, -0.15) is 5.26 Å². The van der Waals surface area contributed by atoms with Crippen molar-refractivity contribution in [2.45, 2.75) is 39.8 Å². The predicted molar refractivity (Wildman–Crippen MR) is 73.5 cm³/mol. The van der Waals surface area contributed by atoms with E-state index in [1.54, 1.807) is 27.7 Å². The van der Waals surface area contributed by atoms with Gasteiger partial charge < -0.3 is 10.4 Å². The fraction of sp³-hybridized carbons (Fsp3) is 0.467. The van der Waals surface area contributed by atoms with E-state index >= 15 is 0 Å². The van der Waals surface area contributed by atoms with Gasteiger partial charge >= 0.3 is 5.97 Å². The molecule has 0 fully saturated rings. The third-order valence-corrected chi connectivity index (χ3v) is 4.01. The Bertz CT molecular complexity index is 559. The van der Waals surface area contributed by atoms with E-state index in [-0.39, 0.29) is 6.54 Å². The summed E-state index contributed by atoms with van der Waals surface area (Å²) in [4.78, 5) is 11.3. The Balaban J connectivity index is 2.95. The molecule has 0 bridgehead atoms. The maximum atomic E-state index is 13.2. The lowest BCUT2D eigenvalue weighted by Gasteiger charge is -2.39. The Labute approximate surface area is 118 Å². The summed E-state index contributed by atoms with van der Waals surface area (Å²) in [6.45, 7) is 7.02. The van der Waals surface area contributed by atoms with Gasteiger partial charge in [0, 0.05) is 12.1 Å². The molecule has 0 heterocycles. The standard InChI is InChI=1S/C15H19FN2O2/c1-14(2,13(19)20)15(3,4)18-9-11-7-12(16)6-5-10(11)8-17/h5-7,18H,9H2,1-4H3,(H,19,20). The van der Waals surface area contributed by atoms with Crippen LogP contribution in [0.5, 0.6) is 0 Å². The molecule has 5 heteroatoms. The second-order valence-electron chi connectivity index (χ2n) is 5.82. The zero-order chi connectivity index (χ0) is 15.6. The van der Waals surface area contributed by atoms with Gasteiger partial charge in [-0.05, 0) is 51.5 Å². The summed E-state index contributed by atoms with van der Waals surface area (Å²) in [5.41, 5.74) is -0.838. The second-order valence-corrected chi connectivity index (χ2v) is 5.82. The number of carbonyl (C=O) groups is 1. The van der Waals surface area contributed by atoms with Crippen LogP contribution in [0.4, 0.5) is 4.39 Å². The van der Waals surface area contributed by atoms with Crippen LogP contribution in [0.3, 0.4) is 0 Å². The van der Waals surface area contributed by atoms with Gasteiger partial charge in [0.1, 0.15) is 5.82 Å². The molecule has 2 N–H and O–H groups in total. The normalized spacial score (nSPS) is 12.0. The molecule has 108 valence electrons. The summed E-state index contributed by atoms with van der Waals surface area (Å²) in [6, 6.07) is 5.93. The van der Waals surface area contributed by atoms with Gasteiger partial charge in [-0.25, -0.2) is 4.39 Å². The molecule has 0 spiro atoms. The molecular weight excluding hydrogens is 259 g/mol. The molecule has 0 amide bonds. The number of nitrogens with one attached hydrogen (secondary N) is 1. The highest BCUT2D eigenvalue weighted by molar-refractivity contribution is 5.75. The van der Waals surface area contributed by atoms with Crippen molar-refractivity contribution in [2.75, 3.05) is 0 Å². The molecule has 1 aromatic carbocycles. The van der Waals surface area contributed by atoms with Gasteiger partial charge in [0.25, 0.3) is 0 Å². The lowest BCUT2D eigenvalue weighted by Crippen LogP contribution is -2.54. The minimum atomic E-state index is -1.01. The molecule has 0 aromatic heterocycles. The third kappa shape index (κ3) is 3.14. The Morgan fingerprint density at radius 1 is 1.40 bits per heavy atom. The molecule has 0 atom stereocenters. The van der Waals surface area contributed by atoms with Crippen molar-refractivity contribution in [1.29, 1.82) is 5.26 Å². The summed E-state index contributed by atoms with van der Waals surface area (Å²) in [5, 5.41) is 21.4. The van der Waals surface area contributed by atoms with Gasteiger partial charge in [-0.1, -0.05) is 0 Å². The number of benzene rings is 1. The number of nitrogens with zero attached hydrogens (tertiary/aromatic N) is 1. The van der Waals surface area contributed by atoms with Crippen LogP contribution in [-0.4, -0.2) is 16.6 Å². The number of hydrogen-bond acceptors (Lipinski definition) is 3. The summed E-state index contributed by atoms with van der Waals surface area (Å²) >= 11 is 0. The van der Waals surface area contributed by atoms with Crippen molar-refractivity contribution >= 4 is 5.97 Å². The van der Waals surface area contributed by atoms with E-state index in [9.17, 15) is 14.3 Å². The van der Waals surface area contributed by atoms with Crippen LogP contribution in [0.2, 0.25) is 0 Å². The Morgan fingerprint density at radius 2 is 2.00 bits per heavy atom. The largest absolute Gasteiger partial charge is 0.481 e. The van der Waals surface area contributed by atoms with Crippen LogP contribution in [0, 0.1) is 22.6 Å². The molecule has 4 nitrogen and oxygen atoms in total. The smallest absolute Gasteiger partial charge is 0.310 e. The average Bonchev–Trinajstić information content (AvgIpc) is 2.36. The van der Waals surface area contributed by atoms with E-state index in [1.807, 2.05) is 6.07 Å². The van der Waals surface area contributed by atoms with Crippen molar-refractivity contribution in [3.63, 3.8) is 0 Å². The molecule has 20 heavy (non-hydrogen) atoms. The van der Waals surface area contributed by atoms with Crippen LogP contribution >= 0.6 is 0 Å². The third-order valence-electron chi connectivity index (χ3n) is 4.01. The molecule has 0 unspecified atom stereocenters. The van der Waals surface area contributed by atoms with Gasteiger partial charge in [-0.15, -0.1) is 0 Å². The first kappa shape index (κ1) is 16.1. The van der Waals surface area contributed by atoms with E-state index in [2.05, 4.69) is 5.32 Å².